The minimum atomic E-state index is -0.0250. The van der Waals surface area contributed by atoms with E-state index in [1.807, 2.05) is 11.9 Å². The summed E-state index contributed by atoms with van der Waals surface area (Å²) in [6, 6.07) is 3.49. The molecule has 172 valence electrons. The number of amides is 1. The molecule has 1 amide bonds. The monoisotopic (exact) mass is 430 g/mol. The summed E-state index contributed by atoms with van der Waals surface area (Å²) in [5.41, 5.74) is 0.222. The van der Waals surface area contributed by atoms with Crippen molar-refractivity contribution in [2.45, 2.75) is 37.6 Å². The van der Waals surface area contributed by atoms with E-state index in [1.165, 1.54) is 45.2 Å². The zero-order valence-corrected chi connectivity index (χ0v) is 19.2. The Bertz CT molecular complexity index is 727. The van der Waals surface area contributed by atoms with Crippen LogP contribution in [-0.4, -0.2) is 110 Å². The number of guanidine groups is 1. The maximum atomic E-state index is 12.5. The van der Waals surface area contributed by atoms with Crippen LogP contribution in [0.2, 0.25) is 0 Å². The van der Waals surface area contributed by atoms with Gasteiger partial charge >= 0.3 is 0 Å². The zero-order chi connectivity index (χ0) is 21.7. The van der Waals surface area contributed by atoms with Crippen LogP contribution < -0.4 is 5.32 Å². The molecule has 1 aromatic heterocycles. The summed E-state index contributed by atoms with van der Waals surface area (Å²) >= 11 is 0. The average Bonchev–Trinajstić information content (AvgIpc) is 3.36. The molecule has 1 N–H and O–H groups in total. The van der Waals surface area contributed by atoms with Gasteiger partial charge in [-0.15, -0.1) is 0 Å². The number of furan rings is 1. The molecular formula is C23H38N6O2. The fourth-order valence-corrected chi connectivity index (χ4v) is 5.26. The van der Waals surface area contributed by atoms with Gasteiger partial charge < -0.3 is 24.4 Å². The normalized spacial score (nSPS) is 23.7. The molecule has 31 heavy (non-hydrogen) atoms. The smallest absolute Gasteiger partial charge is 0.289 e. The third kappa shape index (κ3) is 5.06. The Balaban J connectivity index is 1.34. The summed E-state index contributed by atoms with van der Waals surface area (Å²) in [5.74, 6) is 1.35. The Morgan fingerprint density at radius 1 is 1.03 bits per heavy atom. The highest BCUT2D eigenvalue weighted by atomic mass is 16.3. The van der Waals surface area contributed by atoms with E-state index >= 15 is 0 Å². The number of likely N-dealkylation sites (tertiary alicyclic amines) is 2. The summed E-state index contributed by atoms with van der Waals surface area (Å²) in [4.78, 5) is 26.5. The molecular weight excluding hydrogens is 392 g/mol. The Morgan fingerprint density at radius 3 is 2.32 bits per heavy atom. The van der Waals surface area contributed by atoms with E-state index in [0.717, 1.165) is 38.7 Å². The van der Waals surface area contributed by atoms with Crippen LogP contribution in [0, 0.1) is 0 Å². The molecule has 3 aliphatic rings. The van der Waals surface area contributed by atoms with Crippen LogP contribution in [0.3, 0.4) is 0 Å². The predicted molar refractivity (Wildman–Crippen MR) is 122 cm³/mol. The van der Waals surface area contributed by atoms with E-state index in [0.29, 0.717) is 18.8 Å². The lowest BCUT2D eigenvalue weighted by molar-refractivity contribution is 0.0167. The van der Waals surface area contributed by atoms with Crippen LogP contribution in [-0.2, 0) is 0 Å². The van der Waals surface area contributed by atoms with Crippen LogP contribution in [0.15, 0.2) is 27.8 Å². The zero-order valence-electron chi connectivity index (χ0n) is 19.2. The second-order valence-corrected chi connectivity index (χ2v) is 9.23. The maximum absolute atomic E-state index is 12.5. The Morgan fingerprint density at radius 2 is 1.71 bits per heavy atom. The molecule has 0 bridgehead atoms. The minimum absolute atomic E-state index is 0.0250. The second-order valence-electron chi connectivity index (χ2n) is 9.23. The van der Waals surface area contributed by atoms with Gasteiger partial charge in [0.15, 0.2) is 11.7 Å². The Hall–Kier alpha value is -2.06. The molecule has 8 nitrogen and oxygen atoms in total. The van der Waals surface area contributed by atoms with E-state index in [-0.39, 0.29) is 11.4 Å². The summed E-state index contributed by atoms with van der Waals surface area (Å²) in [7, 11) is 4.10. The van der Waals surface area contributed by atoms with E-state index < -0.39 is 0 Å². The van der Waals surface area contributed by atoms with E-state index in [9.17, 15) is 4.79 Å². The van der Waals surface area contributed by atoms with Crippen LogP contribution in [0.4, 0.5) is 0 Å². The number of hydrogen-bond acceptors (Lipinski definition) is 5. The molecule has 0 saturated carbocycles. The summed E-state index contributed by atoms with van der Waals surface area (Å²) < 4.78 is 5.28. The van der Waals surface area contributed by atoms with Crippen molar-refractivity contribution in [3.63, 3.8) is 0 Å². The fourth-order valence-electron chi connectivity index (χ4n) is 5.26. The van der Waals surface area contributed by atoms with Crippen molar-refractivity contribution in [2.24, 2.45) is 4.99 Å². The number of piperazine rings is 1. The summed E-state index contributed by atoms with van der Waals surface area (Å²) in [6.07, 6.45) is 7.97. The van der Waals surface area contributed by atoms with Crippen LogP contribution in [0.25, 0.3) is 0 Å². The van der Waals surface area contributed by atoms with Crippen molar-refractivity contribution in [2.75, 3.05) is 73.0 Å². The number of rotatable bonds is 4. The molecule has 3 saturated heterocycles. The SMILES string of the molecule is CN=C(NCC1(N2CCCCC2)CCN(C)CC1)N1CCN(C(=O)c2ccco2)CC1. The highest BCUT2D eigenvalue weighted by molar-refractivity contribution is 5.91. The molecule has 0 radical (unpaired) electrons. The van der Waals surface area contributed by atoms with Gasteiger partial charge in [0.1, 0.15) is 0 Å². The molecule has 1 aromatic rings. The lowest BCUT2D eigenvalue weighted by Gasteiger charge is -2.50. The average molecular weight is 431 g/mol. The second kappa shape index (κ2) is 10.0. The van der Waals surface area contributed by atoms with Crippen molar-refractivity contribution in [1.82, 2.24) is 24.9 Å². The molecule has 0 unspecified atom stereocenters. The van der Waals surface area contributed by atoms with Gasteiger partial charge in [-0.05, 0) is 71.0 Å². The molecule has 0 aliphatic carbocycles. The van der Waals surface area contributed by atoms with Gasteiger partial charge in [0.2, 0.25) is 0 Å². The van der Waals surface area contributed by atoms with Gasteiger partial charge in [0, 0.05) is 45.3 Å². The Kier molecular flexibility index (Phi) is 7.17. The standard InChI is InChI=1S/C23H38N6O2/c1-24-22(28-16-14-27(15-17-28)21(30)20-7-6-18-31-20)25-19-23(8-12-26(2)13-9-23)29-10-4-3-5-11-29/h6-7,18H,3-5,8-17,19H2,1-2H3,(H,24,25). The van der Waals surface area contributed by atoms with E-state index in [1.54, 1.807) is 18.4 Å². The lowest BCUT2D eigenvalue weighted by Crippen LogP contribution is -2.63. The number of nitrogens with one attached hydrogen (secondary N) is 1. The maximum Gasteiger partial charge on any atom is 0.289 e. The number of nitrogens with zero attached hydrogens (tertiary/aromatic N) is 5. The summed E-state index contributed by atoms with van der Waals surface area (Å²) in [6.45, 7) is 8.63. The van der Waals surface area contributed by atoms with Gasteiger partial charge in [-0.3, -0.25) is 14.7 Å². The van der Waals surface area contributed by atoms with Gasteiger partial charge in [-0.25, -0.2) is 0 Å². The third-order valence-electron chi connectivity index (χ3n) is 7.33. The lowest BCUT2D eigenvalue weighted by atomic mass is 9.84. The molecule has 0 spiro atoms. The first-order chi connectivity index (χ1) is 15.1. The van der Waals surface area contributed by atoms with Gasteiger partial charge in [0.25, 0.3) is 5.91 Å². The molecule has 0 aromatic carbocycles. The first kappa shape index (κ1) is 22.1. The number of aliphatic imine (C=N–C) groups is 1. The molecule has 3 fully saturated rings. The van der Waals surface area contributed by atoms with E-state index in [4.69, 9.17) is 4.42 Å². The fraction of sp³-hybridized carbons (Fsp3) is 0.739. The highest BCUT2D eigenvalue weighted by Crippen LogP contribution is 2.31. The number of piperidine rings is 2. The van der Waals surface area contributed by atoms with Crippen molar-refractivity contribution in [1.29, 1.82) is 0 Å². The van der Waals surface area contributed by atoms with Crippen molar-refractivity contribution >= 4 is 11.9 Å². The first-order valence-electron chi connectivity index (χ1n) is 11.8. The van der Waals surface area contributed by atoms with Gasteiger partial charge in [-0.1, -0.05) is 6.42 Å². The highest BCUT2D eigenvalue weighted by Gasteiger charge is 2.40. The molecule has 4 rings (SSSR count). The van der Waals surface area contributed by atoms with Crippen LogP contribution in [0.5, 0.6) is 0 Å². The molecule has 8 heteroatoms. The predicted octanol–water partition coefficient (Wildman–Crippen LogP) is 1.56. The quantitative estimate of drug-likeness (QED) is 0.578. The minimum Gasteiger partial charge on any atom is -0.459 e. The Labute approximate surface area is 186 Å². The van der Waals surface area contributed by atoms with Gasteiger partial charge in [0.05, 0.1) is 6.26 Å². The summed E-state index contributed by atoms with van der Waals surface area (Å²) in [5, 5.41) is 3.73. The van der Waals surface area contributed by atoms with Crippen LogP contribution in [0.1, 0.15) is 42.7 Å². The van der Waals surface area contributed by atoms with Crippen molar-refractivity contribution < 1.29 is 9.21 Å². The number of carbonyl (C=O) groups excluding carboxylic acids is 1. The van der Waals surface area contributed by atoms with E-state index in [2.05, 4.69) is 32.1 Å². The largest absolute Gasteiger partial charge is 0.459 e. The topological polar surface area (TPSA) is 67.6 Å². The number of hydrogen-bond donors (Lipinski definition) is 1. The third-order valence-corrected chi connectivity index (χ3v) is 7.33. The van der Waals surface area contributed by atoms with Crippen molar-refractivity contribution in [3.05, 3.63) is 24.2 Å². The number of carbonyl (C=O) groups is 1. The molecule has 3 aliphatic heterocycles. The first-order valence-corrected chi connectivity index (χ1v) is 11.8. The molecule has 0 atom stereocenters. The van der Waals surface area contributed by atoms with Crippen molar-refractivity contribution in [3.8, 4) is 0 Å². The van der Waals surface area contributed by atoms with Gasteiger partial charge in [-0.2, -0.15) is 0 Å². The van der Waals surface area contributed by atoms with Crippen LogP contribution >= 0.6 is 0 Å². The molecule has 4 heterocycles.